The minimum absolute atomic E-state index is 0.0208. The van der Waals surface area contributed by atoms with E-state index in [2.05, 4.69) is 15.9 Å². The molecule has 1 aliphatic heterocycles. The fraction of sp³-hybridized carbons (Fsp3) is 0.500. The molecule has 2 rings (SSSR count). The summed E-state index contributed by atoms with van der Waals surface area (Å²) in [6.45, 7) is 2.98. The van der Waals surface area contributed by atoms with E-state index >= 15 is 0 Å². The van der Waals surface area contributed by atoms with Crippen molar-refractivity contribution in [3.63, 3.8) is 0 Å². The SMILES string of the molecule is COCCC(=O)N1CCCN(C(=O)c2cccc(Br)c2)CC1. The summed E-state index contributed by atoms with van der Waals surface area (Å²) in [4.78, 5) is 28.2. The number of ether oxygens (including phenoxy) is 1. The van der Waals surface area contributed by atoms with Crippen LogP contribution in [-0.2, 0) is 9.53 Å². The lowest BCUT2D eigenvalue weighted by atomic mass is 10.2. The number of amides is 2. The highest BCUT2D eigenvalue weighted by Crippen LogP contribution is 2.15. The molecule has 1 fully saturated rings. The first-order chi connectivity index (χ1) is 10.6. The molecule has 0 spiro atoms. The van der Waals surface area contributed by atoms with E-state index in [1.807, 2.05) is 34.1 Å². The molecule has 0 unspecified atom stereocenters. The molecule has 0 atom stereocenters. The molecule has 0 radical (unpaired) electrons. The Morgan fingerprint density at radius 1 is 1.18 bits per heavy atom. The van der Waals surface area contributed by atoms with Crippen LogP contribution in [0, 0.1) is 0 Å². The molecule has 22 heavy (non-hydrogen) atoms. The van der Waals surface area contributed by atoms with Crippen molar-refractivity contribution in [3.05, 3.63) is 34.3 Å². The number of hydrogen-bond acceptors (Lipinski definition) is 3. The average molecular weight is 369 g/mol. The third-order valence-electron chi connectivity index (χ3n) is 3.73. The average Bonchev–Trinajstić information content (AvgIpc) is 2.78. The second-order valence-corrected chi connectivity index (χ2v) is 6.20. The van der Waals surface area contributed by atoms with Gasteiger partial charge in [0.15, 0.2) is 0 Å². The summed E-state index contributed by atoms with van der Waals surface area (Å²) < 4.78 is 5.84. The van der Waals surface area contributed by atoms with Gasteiger partial charge in [-0.15, -0.1) is 0 Å². The molecule has 0 aromatic heterocycles. The van der Waals surface area contributed by atoms with Gasteiger partial charge in [-0.2, -0.15) is 0 Å². The first-order valence-corrected chi connectivity index (χ1v) is 8.22. The number of benzene rings is 1. The third-order valence-corrected chi connectivity index (χ3v) is 4.22. The van der Waals surface area contributed by atoms with Crippen molar-refractivity contribution in [1.82, 2.24) is 9.80 Å². The number of methoxy groups -OCH3 is 1. The monoisotopic (exact) mass is 368 g/mol. The van der Waals surface area contributed by atoms with Crippen LogP contribution < -0.4 is 0 Å². The van der Waals surface area contributed by atoms with Crippen LogP contribution >= 0.6 is 15.9 Å². The van der Waals surface area contributed by atoms with Gasteiger partial charge in [-0.3, -0.25) is 9.59 Å². The lowest BCUT2D eigenvalue weighted by molar-refractivity contribution is -0.132. The van der Waals surface area contributed by atoms with Gasteiger partial charge in [0.05, 0.1) is 13.0 Å². The highest BCUT2D eigenvalue weighted by atomic mass is 79.9. The first kappa shape index (κ1) is 17.0. The molecule has 120 valence electrons. The third kappa shape index (κ3) is 4.55. The Morgan fingerprint density at radius 3 is 2.64 bits per heavy atom. The summed E-state index contributed by atoms with van der Waals surface area (Å²) in [6, 6.07) is 7.40. The van der Waals surface area contributed by atoms with Crippen molar-refractivity contribution in [2.24, 2.45) is 0 Å². The van der Waals surface area contributed by atoms with Gasteiger partial charge in [0.25, 0.3) is 5.91 Å². The molecule has 0 bridgehead atoms. The number of rotatable bonds is 4. The van der Waals surface area contributed by atoms with Crippen molar-refractivity contribution < 1.29 is 14.3 Å². The topological polar surface area (TPSA) is 49.9 Å². The van der Waals surface area contributed by atoms with Gasteiger partial charge < -0.3 is 14.5 Å². The Morgan fingerprint density at radius 2 is 1.91 bits per heavy atom. The number of carbonyl (C=O) groups excluding carboxylic acids is 2. The summed E-state index contributed by atoms with van der Waals surface area (Å²) in [7, 11) is 1.59. The van der Waals surface area contributed by atoms with Gasteiger partial charge in [-0.25, -0.2) is 0 Å². The lowest BCUT2D eigenvalue weighted by Crippen LogP contribution is -2.37. The fourth-order valence-electron chi connectivity index (χ4n) is 2.52. The molecule has 0 aliphatic carbocycles. The lowest BCUT2D eigenvalue weighted by Gasteiger charge is -2.22. The maximum absolute atomic E-state index is 12.5. The molecule has 1 saturated heterocycles. The molecule has 1 aromatic carbocycles. The van der Waals surface area contributed by atoms with Crippen LogP contribution in [0.5, 0.6) is 0 Å². The van der Waals surface area contributed by atoms with Crippen molar-refractivity contribution in [2.45, 2.75) is 12.8 Å². The Balaban J connectivity index is 1.95. The Bertz CT molecular complexity index is 536. The highest BCUT2D eigenvalue weighted by molar-refractivity contribution is 9.10. The molecule has 5 nitrogen and oxygen atoms in total. The fourth-order valence-corrected chi connectivity index (χ4v) is 2.92. The second kappa shape index (κ2) is 8.29. The largest absolute Gasteiger partial charge is 0.384 e. The zero-order chi connectivity index (χ0) is 15.9. The standard InChI is InChI=1S/C16H21BrN2O3/c1-22-11-6-15(20)18-7-3-8-19(10-9-18)16(21)13-4-2-5-14(17)12-13/h2,4-5,12H,3,6-11H2,1H3. The molecule has 6 heteroatoms. The summed E-state index contributed by atoms with van der Waals surface area (Å²) in [5, 5.41) is 0. The normalized spacial score (nSPS) is 15.5. The summed E-state index contributed by atoms with van der Waals surface area (Å²) in [5.74, 6) is 0.117. The molecule has 2 amide bonds. The van der Waals surface area contributed by atoms with Crippen molar-refractivity contribution >= 4 is 27.7 Å². The van der Waals surface area contributed by atoms with Crippen LogP contribution in [0.25, 0.3) is 0 Å². The van der Waals surface area contributed by atoms with E-state index in [9.17, 15) is 9.59 Å². The van der Waals surface area contributed by atoms with Gasteiger partial charge in [0, 0.05) is 43.3 Å². The van der Waals surface area contributed by atoms with Gasteiger partial charge >= 0.3 is 0 Å². The maximum Gasteiger partial charge on any atom is 0.253 e. The van der Waals surface area contributed by atoms with Gasteiger partial charge in [-0.1, -0.05) is 22.0 Å². The van der Waals surface area contributed by atoms with E-state index in [0.717, 1.165) is 10.9 Å². The predicted molar refractivity (Wildman–Crippen MR) is 87.7 cm³/mol. The van der Waals surface area contributed by atoms with E-state index in [4.69, 9.17) is 4.74 Å². The van der Waals surface area contributed by atoms with Crippen LogP contribution in [0.1, 0.15) is 23.2 Å². The highest BCUT2D eigenvalue weighted by Gasteiger charge is 2.22. The molecule has 1 aliphatic rings. The number of hydrogen-bond donors (Lipinski definition) is 0. The minimum Gasteiger partial charge on any atom is -0.384 e. The van der Waals surface area contributed by atoms with E-state index in [1.165, 1.54) is 0 Å². The van der Waals surface area contributed by atoms with Crippen molar-refractivity contribution in [1.29, 1.82) is 0 Å². The molecule has 1 heterocycles. The van der Waals surface area contributed by atoms with Gasteiger partial charge in [-0.05, 0) is 24.6 Å². The van der Waals surface area contributed by atoms with Crippen molar-refractivity contribution in [3.8, 4) is 0 Å². The summed E-state index contributed by atoms with van der Waals surface area (Å²) in [6.07, 6.45) is 1.20. The smallest absolute Gasteiger partial charge is 0.253 e. The molecule has 0 N–H and O–H groups in total. The zero-order valence-electron chi connectivity index (χ0n) is 12.8. The Kier molecular flexibility index (Phi) is 6.39. The van der Waals surface area contributed by atoms with Crippen LogP contribution in [0.15, 0.2) is 28.7 Å². The van der Waals surface area contributed by atoms with E-state index in [0.29, 0.717) is 44.8 Å². The molecular weight excluding hydrogens is 348 g/mol. The quantitative estimate of drug-likeness (QED) is 0.817. The van der Waals surface area contributed by atoms with Crippen LogP contribution in [-0.4, -0.2) is 61.5 Å². The van der Waals surface area contributed by atoms with Crippen LogP contribution in [0.4, 0.5) is 0 Å². The van der Waals surface area contributed by atoms with Crippen LogP contribution in [0.3, 0.4) is 0 Å². The van der Waals surface area contributed by atoms with Gasteiger partial charge in [0.2, 0.25) is 5.91 Å². The first-order valence-electron chi connectivity index (χ1n) is 7.43. The Hall–Kier alpha value is -1.40. The van der Waals surface area contributed by atoms with E-state index < -0.39 is 0 Å². The van der Waals surface area contributed by atoms with E-state index in [1.54, 1.807) is 7.11 Å². The molecular formula is C16H21BrN2O3. The van der Waals surface area contributed by atoms with Crippen molar-refractivity contribution in [2.75, 3.05) is 39.9 Å². The summed E-state index contributed by atoms with van der Waals surface area (Å²) in [5.41, 5.74) is 0.675. The predicted octanol–water partition coefficient (Wildman–Crippen LogP) is 2.16. The Labute approximate surface area is 139 Å². The maximum atomic E-state index is 12.5. The van der Waals surface area contributed by atoms with E-state index in [-0.39, 0.29) is 11.8 Å². The minimum atomic E-state index is 0.0208. The summed E-state index contributed by atoms with van der Waals surface area (Å²) >= 11 is 3.39. The van der Waals surface area contributed by atoms with Gasteiger partial charge in [0.1, 0.15) is 0 Å². The number of carbonyl (C=O) groups is 2. The molecule has 0 saturated carbocycles. The number of halogens is 1. The molecule has 1 aromatic rings. The zero-order valence-corrected chi connectivity index (χ0v) is 14.3. The second-order valence-electron chi connectivity index (χ2n) is 5.28. The van der Waals surface area contributed by atoms with Crippen LogP contribution in [0.2, 0.25) is 0 Å². The number of nitrogens with zero attached hydrogens (tertiary/aromatic N) is 2.